The first-order valence-electron chi connectivity index (χ1n) is 10.6. The minimum atomic E-state index is -0.537. The molecular weight excluding hydrogens is 416 g/mol. The summed E-state index contributed by atoms with van der Waals surface area (Å²) < 4.78 is 5.28. The lowest BCUT2D eigenvalue weighted by Crippen LogP contribution is -2.23. The Labute approximate surface area is 192 Å². The van der Waals surface area contributed by atoms with E-state index in [0.29, 0.717) is 17.3 Å². The van der Waals surface area contributed by atoms with E-state index < -0.39 is 5.97 Å². The number of phenolic OH excluding ortho intramolecular Hbond substituents is 1. The van der Waals surface area contributed by atoms with E-state index in [0.717, 1.165) is 16.8 Å². The minimum Gasteiger partial charge on any atom is -0.506 e. The third-order valence-corrected chi connectivity index (χ3v) is 5.01. The van der Waals surface area contributed by atoms with Crippen molar-refractivity contribution >= 4 is 17.5 Å². The van der Waals surface area contributed by atoms with Gasteiger partial charge in [0.2, 0.25) is 0 Å². The largest absolute Gasteiger partial charge is 0.506 e. The SMILES string of the molecule is CCOC(=O)c1cnc(-c2cccc(C)c2)nc1N(Cc1ccccn1)c1ccccc1O. The topological polar surface area (TPSA) is 88.4 Å². The van der Waals surface area contributed by atoms with Crippen LogP contribution in [0.3, 0.4) is 0 Å². The number of para-hydroxylation sites is 2. The van der Waals surface area contributed by atoms with Gasteiger partial charge in [0.05, 0.1) is 24.5 Å². The molecule has 2 heterocycles. The highest BCUT2D eigenvalue weighted by molar-refractivity contribution is 5.96. The summed E-state index contributed by atoms with van der Waals surface area (Å²) in [6, 6.07) is 20.3. The van der Waals surface area contributed by atoms with Gasteiger partial charge in [-0.15, -0.1) is 0 Å². The second-order valence-electron chi connectivity index (χ2n) is 7.42. The van der Waals surface area contributed by atoms with Crippen LogP contribution in [0.25, 0.3) is 11.4 Å². The number of hydrogen-bond donors (Lipinski definition) is 1. The summed E-state index contributed by atoms with van der Waals surface area (Å²) in [5, 5.41) is 10.7. The quantitative estimate of drug-likeness (QED) is 0.402. The van der Waals surface area contributed by atoms with Gasteiger partial charge in [-0.05, 0) is 44.2 Å². The van der Waals surface area contributed by atoms with Gasteiger partial charge < -0.3 is 14.7 Å². The zero-order valence-corrected chi connectivity index (χ0v) is 18.5. The summed E-state index contributed by atoms with van der Waals surface area (Å²) in [5.74, 6) is 0.305. The van der Waals surface area contributed by atoms with E-state index in [1.807, 2.05) is 55.5 Å². The van der Waals surface area contributed by atoms with Gasteiger partial charge in [0.1, 0.15) is 11.3 Å². The van der Waals surface area contributed by atoms with Crippen LogP contribution in [0.2, 0.25) is 0 Å². The van der Waals surface area contributed by atoms with E-state index >= 15 is 0 Å². The summed E-state index contributed by atoms with van der Waals surface area (Å²) in [6.07, 6.45) is 3.17. The monoisotopic (exact) mass is 440 g/mol. The summed E-state index contributed by atoms with van der Waals surface area (Å²) in [7, 11) is 0. The lowest BCUT2D eigenvalue weighted by atomic mass is 10.1. The summed E-state index contributed by atoms with van der Waals surface area (Å²) >= 11 is 0. The predicted molar refractivity (Wildman–Crippen MR) is 126 cm³/mol. The molecule has 0 aliphatic heterocycles. The van der Waals surface area contributed by atoms with E-state index in [1.54, 1.807) is 36.2 Å². The maximum Gasteiger partial charge on any atom is 0.343 e. The van der Waals surface area contributed by atoms with Crippen LogP contribution in [0, 0.1) is 6.92 Å². The maximum atomic E-state index is 12.8. The number of hydrogen-bond acceptors (Lipinski definition) is 7. The van der Waals surface area contributed by atoms with Crippen molar-refractivity contribution in [2.45, 2.75) is 20.4 Å². The zero-order chi connectivity index (χ0) is 23.2. The Morgan fingerprint density at radius 1 is 1.03 bits per heavy atom. The van der Waals surface area contributed by atoms with Crippen LogP contribution in [0.15, 0.2) is 79.1 Å². The predicted octanol–water partition coefficient (Wildman–Crippen LogP) is 5.07. The Morgan fingerprint density at radius 3 is 2.58 bits per heavy atom. The number of pyridine rings is 1. The fraction of sp³-hybridized carbons (Fsp3) is 0.154. The van der Waals surface area contributed by atoms with Gasteiger partial charge in [-0.2, -0.15) is 0 Å². The molecule has 0 bridgehead atoms. The number of phenols is 1. The van der Waals surface area contributed by atoms with Gasteiger partial charge in [0.15, 0.2) is 11.6 Å². The van der Waals surface area contributed by atoms with Gasteiger partial charge in [0, 0.05) is 18.0 Å². The Balaban J connectivity index is 1.91. The van der Waals surface area contributed by atoms with Gasteiger partial charge in [0.25, 0.3) is 0 Å². The van der Waals surface area contributed by atoms with Crippen LogP contribution in [-0.2, 0) is 11.3 Å². The number of rotatable bonds is 7. The Morgan fingerprint density at radius 2 is 1.85 bits per heavy atom. The first-order chi connectivity index (χ1) is 16.1. The third kappa shape index (κ3) is 4.98. The smallest absolute Gasteiger partial charge is 0.343 e. The van der Waals surface area contributed by atoms with Crippen molar-refractivity contribution in [3.63, 3.8) is 0 Å². The number of anilines is 2. The second-order valence-corrected chi connectivity index (χ2v) is 7.42. The molecule has 7 heteroatoms. The van der Waals surface area contributed by atoms with Crippen molar-refractivity contribution in [1.29, 1.82) is 0 Å². The first-order valence-corrected chi connectivity index (χ1v) is 10.6. The van der Waals surface area contributed by atoms with Gasteiger partial charge in [-0.3, -0.25) is 4.98 Å². The number of aryl methyl sites for hydroxylation is 1. The Hall–Kier alpha value is -4.26. The molecule has 4 aromatic rings. The highest BCUT2D eigenvalue weighted by atomic mass is 16.5. The molecule has 7 nitrogen and oxygen atoms in total. The Bertz CT molecular complexity index is 1260. The van der Waals surface area contributed by atoms with Crippen molar-refractivity contribution in [3.8, 4) is 17.1 Å². The normalized spacial score (nSPS) is 10.6. The molecule has 4 rings (SSSR count). The van der Waals surface area contributed by atoms with Gasteiger partial charge >= 0.3 is 5.97 Å². The van der Waals surface area contributed by atoms with Crippen molar-refractivity contribution in [2.75, 3.05) is 11.5 Å². The standard InChI is InChI=1S/C26H24N4O3/c1-3-33-26(32)21-16-28-24(19-10-8-9-18(2)15-19)29-25(21)30(17-20-11-6-7-14-27-20)22-12-4-5-13-23(22)31/h4-16,31H,3,17H2,1-2H3. The lowest BCUT2D eigenvalue weighted by Gasteiger charge is -2.26. The van der Waals surface area contributed by atoms with E-state index in [-0.39, 0.29) is 24.5 Å². The molecule has 33 heavy (non-hydrogen) atoms. The molecule has 0 aliphatic carbocycles. The van der Waals surface area contributed by atoms with Gasteiger partial charge in [-0.1, -0.05) is 42.0 Å². The highest BCUT2D eigenvalue weighted by Crippen LogP contribution is 2.36. The molecule has 0 unspecified atom stereocenters. The van der Waals surface area contributed by atoms with Crippen molar-refractivity contribution in [2.24, 2.45) is 0 Å². The molecule has 0 fully saturated rings. The fourth-order valence-electron chi connectivity index (χ4n) is 3.47. The number of esters is 1. The van der Waals surface area contributed by atoms with Crippen molar-refractivity contribution in [3.05, 3.63) is 95.9 Å². The Kier molecular flexibility index (Phi) is 6.59. The molecule has 166 valence electrons. The number of benzene rings is 2. The molecule has 0 spiro atoms. The van der Waals surface area contributed by atoms with E-state index in [2.05, 4.69) is 9.97 Å². The minimum absolute atomic E-state index is 0.0546. The number of ether oxygens (including phenoxy) is 1. The highest BCUT2D eigenvalue weighted by Gasteiger charge is 2.25. The molecule has 2 aromatic heterocycles. The third-order valence-electron chi connectivity index (χ3n) is 5.01. The molecule has 1 N–H and O–H groups in total. The van der Waals surface area contributed by atoms with Crippen LogP contribution in [0.1, 0.15) is 28.5 Å². The number of carbonyl (C=O) groups excluding carboxylic acids is 1. The number of aromatic nitrogens is 3. The van der Waals surface area contributed by atoms with Crippen LogP contribution in [0.5, 0.6) is 5.75 Å². The summed E-state index contributed by atoms with van der Waals surface area (Å²) in [4.78, 5) is 28.2. The summed E-state index contributed by atoms with van der Waals surface area (Å²) in [6.45, 7) is 4.23. The van der Waals surface area contributed by atoms with E-state index in [1.165, 1.54) is 6.20 Å². The fourth-order valence-corrected chi connectivity index (χ4v) is 3.47. The number of aromatic hydroxyl groups is 1. The van der Waals surface area contributed by atoms with E-state index in [4.69, 9.17) is 9.72 Å². The van der Waals surface area contributed by atoms with Crippen LogP contribution < -0.4 is 4.90 Å². The molecule has 0 radical (unpaired) electrons. The van der Waals surface area contributed by atoms with E-state index in [9.17, 15) is 9.90 Å². The molecule has 0 amide bonds. The molecule has 0 aliphatic rings. The summed E-state index contributed by atoms with van der Waals surface area (Å²) in [5.41, 5.74) is 3.32. The van der Waals surface area contributed by atoms with Gasteiger partial charge in [-0.25, -0.2) is 14.8 Å². The number of carbonyl (C=O) groups is 1. The van der Waals surface area contributed by atoms with Crippen molar-refractivity contribution < 1.29 is 14.6 Å². The zero-order valence-electron chi connectivity index (χ0n) is 18.5. The maximum absolute atomic E-state index is 12.8. The van der Waals surface area contributed by atoms with Crippen LogP contribution in [-0.4, -0.2) is 32.6 Å². The molecule has 0 atom stereocenters. The molecule has 2 aromatic carbocycles. The average Bonchev–Trinajstić information content (AvgIpc) is 2.83. The first kappa shape index (κ1) is 22.0. The number of nitrogens with zero attached hydrogens (tertiary/aromatic N) is 4. The molecular formula is C26H24N4O3. The second kappa shape index (κ2) is 9.91. The van der Waals surface area contributed by atoms with Crippen LogP contribution in [0.4, 0.5) is 11.5 Å². The average molecular weight is 441 g/mol. The van der Waals surface area contributed by atoms with Crippen molar-refractivity contribution in [1.82, 2.24) is 15.0 Å². The lowest BCUT2D eigenvalue weighted by molar-refractivity contribution is 0.0526. The molecule has 0 saturated heterocycles. The molecule has 0 saturated carbocycles. The van der Waals surface area contributed by atoms with Crippen LogP contribution >= 0.6 is 0 Å².